The van der Waals surface area contributed by atoms with E-state index in [1.165, 1.54) is 0 Å². The van der Waals surface area contributed by atoms with E-state index in [9.17, 15) is 4.79 Å². The van der Waals surface area contributed by atoms with E-state index in [0.717, 1.165) is 40.7 Å². The third kappa shape index (κ3) is 1.54. The number of ether oxygens (including phenoxy) is 1. The first kappa shape index (κ1) is 10.2. The zero-order valence-electron chi connectivity index (χ0n) is 9.68. The molecule has 0 aliphatic carbocycles. The van der Waals surface area contributed by atoms with Gasteiger partial charge in [-0.3, -0.25) is 4.79 Å². The van der Waals surface area contributed by atoms with E-state index in [4.69, 9.17) is 4.74 Å². The number of carbonyl (C=O) groups is 1. The molecule has 1 aromatic rings. The number of rotatable bonds is 1. The maximum absolute atomic E-state index is 11.1. The highest BCUT2D eigenvalue weighted by Gasteiger charge is 2.32. The molecule has 0 radical (unpaired) electrons. The van der Waals surface area contributed by atoms with Crippen LogP contribution in [0.15, 0.2) is 6.07 Å². The first-order chi connectivity index (χ1) is 6.94. The van der Waals surface area contributed by atoms with Crippen molar-refractivity contribution in [3.63, 3.8) is 0 Å². The smallest absolute Gasteiger partial charge is 0.154 e. The van der Waals surface area contributed by atoms with Crippen LogP contribution in [0.5, 0.6) is 5.75 Å². The Balaban J connectivity index is 2.64. The summed E-state index contributed by atoms with van der Waals surface area (Å²) in [6.45, 7) is 8.10. The van der Waals surface area contributed by atoms with E-state index in [2.05, 4.69) is 6.07 Å². The van der Waals surface area contributed by atoms with E-state index in [0.29, 0.717) is 0 Å². The van der Waals surface area contributed by atoms with Crippen molar-refractivity contribution in [3.8, 4) is 5.75 Å². The van der Waals surface area contributed by atoms with Crippen molar-refractivity contribution in [2.45, 2.75) is 39.7 Å². The predicted molar refractivity (Wildman–Crippen MR) is 59.7 cm³/mol. The summed E-state index contributed by atoms with van der Waals surface area (Å²) in [5, 5.41) is 0. The van der Waals surface area contributed by atoms with Crippen molar-refractivity contribution in [2.75, 3.05) is 0 Å². The molecule has 1 heterocycles. The highest BCUT2D eigenvalue weighted by atomic mass is 16.5. The fourth-order valence-electron chi connectivity index (χ4n) is 2.16. The highest BCUT2D eigenvalue weighted by Crippen LogP contribution is 2.39. The number of fused-ring (bicyclic) bond motifs is 1. The summed E-state index contributed by atoms with van der Waals surface area (Å²) in [6, 6.07) is 2.13. The SMILES string of the molecule is Cc1cc2c(c(C=O)c1C)OC(C)(C)C2. The van der Waals surface area contributed by atoms with E-state index in [1.807, 2.05) is 27.7 Å². The number of carbonyl (C=O) groups excluding carboxylic acids is 1. The minimum absolute atomic E-state index is 0.180. The van der Waals surface area contributed by atoms with Crippen LogP contribution in [0.4, 0.5) is 0 Å². The molecule has 0 aromatic heterocycles. The lowest BCUT2D eigenvalue weighted by Gasteiger charge is -2.17. The van der Waals surface area contributed by atoms with Gasteiger partial charge in [0.2, 0.25) is 0 Å². The fraction of sp³-hybridized carbons (Fsp3) is 0.462. The molecule has 80 valence electrons. The monoisotopic (exact) mass is 204 g/mol. The second kappa shape index (κ2) is 3.09. The second-order valence-corrected chi connectivity index (χ2v) is 4.88. The van der Waals surface area contributed by atoms with Gasteiger partial charge in [-0.1, -0.05) is 6.07 Å². The van der Waals surface area contributed by atoms with Gasteiger partial charge in [0.15, 0.2) is 6.29 Å². The molecular weight excluding hydrogens is 188 g/mol. The van der Waals surface area contributed by atoms with Gasteiger partial charge >= 0.3 is 0 Å². The Labute approximate surface area is 90.3 Å². The molecule has 0 saturated carbocycles. The summed E-state index contributed by atoms with van der Waals surface area (Å²) in [7, 11) is 0. The number of hydrogen-bond donors (Lipinski definition) is 0. The molecule has 0 atom stereocenters. The minimum Gasteiger partial charge on any atom is -0.486 e. The minimum atomic E-state index is -0.180. The molecule has 0 fully saturated rings. The molecule has 1 aliphatic rings. The van der Waals surface area contributed by atoms with Crippen LogP contribution in [0.2, 0.25) is 0 Å². The molecule has 0 N–H and O–H groups in total. The number of aryl methyl sites for hydroxylation is 1. The van der Waals surface area contributed by atoms with Crippen molar-refractivity contribution in [1.82, 2.24) is 0 Å². The molecule has 2 heteroatoms. The van der Waals surface area contributed by atoms with Crippen LogP contribution in [-0.4, -0.2) is 11.9 Å². The lowest BCUT2D eigenvalue weighted by atomic mass is 9.95. The van der Waals surface area contributed by atoms with Gasteiger partial charge in [-0.25, -0.2) is 0 Å². The summed E-state index contributed by atoms with van der Waals surface area (Å²) < 4.78 is 5.82. The zero-order valence-corrected chi connectivity index (χ0v) is 9.68. The molecule has 2 nitrogen and oxygen atoms in total. The van der Waals surface area contributed by atoms with Crippen molar-refractivity contribution < 1.29 is 9.53 Å². The summed E-state index contributed by atoms with van der Waals surface area (Å²) >= 11 is 0. The first-order valence-electron chi connectivity index (χ1n) is 5.22. The molecule has 1 aromatic carbocycles. The van der Waals surface area contributed by atoms with Gasteiger partial charge in [-0.15, -0.1) is 0 Å². The highest BCUT2D eigenvalue weighted by molar-refractivity contribution is 5.83. The fourth-order valence-corrected chi connectivity index (χ4v) is 2.16. The molecular formula is C13H16O2. The summed E-state index contributed by atoms with van der Waals surface area (Å²) in [5.41, 5.74) is 3.89. The molecule has 0 saturated heterocycles. The van der Waals surface area contributed by atoms with Crippen LogP contribution in [0.25, 0.3) is 0 Å². The second-order valence-electron chi connectivity index (χ2n) is 4.88. The number of hydrogen-bond acceptors (Lipinski definition) is 2. The molecule has 0 spiro atoms. The average Bonchev–Trinajstić information content (AvgIpc) is 2.41. The van der Waals surface area contributed by atoms with Crippen LogP contribution in [0, 0.1) is 13.8 Å². The van der Waals surface area contributed by atoms with Gasteiger partial charge in [-0.05, 0) is 44.4 Å². The lowest BCUT2D eigenvalue weighted by molar-refractivity contribution is 0.110. The Morgan fingerprint density at radius 2 is 2.07 bits per heavy atom. The van der Waals surface area contributed by atoms with Crippen LogP contribution >= 0.6 is 0 Å². The Kier molecular flexibility index (Phi) is 2.10. The van der Waals surface area contributed by atoms with Crippen LogP contribution < -0.4 is 4.74 Å². The molecule has 0 bridgehead atoms. The van der Waals surface area contributed by atoms with Crippen molar-refractivity contribution in [1.29, 1.82) is 0 Å². The van der Waals surface area contributed by atoms with Crippen LogP contribution in [0.1, 0.15) is 40.9 Å². The summed E-state index contributed by atoms with van der Waals surface area (Å²) in [4.78, 5) is 11.1. The first-order valence-corrected chi connectivity index (χ1v) is 5.22. The molecule has 0 unspecified atom stereocenters. The average molecular weight is 204 g/mol. The standard InChI is InChI=1S/C13H16O2/c1-8-5-10-6-13(3,4)15-12(10)11(7-14)9(8)2/h5,7H,6H2,1-4H3. The third-order valence-electron chi connectivity index (χ3n) is 3.03. The van der Waals surface area contributed by atoms with Gasteiger partial charge in [0.05, 0.1) is 5.56 Å². The normalized spacial score (nSPS) is 17.1. The summed E-state index contributed by atoms with van der Waals surface area (Å²) in [6.07, 6.45) is 1.78. The van der Waals surface area contributed by atoms with E-state index < -0.39 is 0 Å². The van der Waals surface area contributed by atoms with Gasteiger partial charge in [0.25, 0.3) is 0 Å². The largest absolute Gasteiger partial charge is 0.486 e. The molecule has 0 amide bonds. The maximum Gasteiger partial charge on any atom is 0.154 e. The quantitative estimate of drug-likeness (QED) is 0.657. The van der Waals surface area contributed by atoms with E-state index >= 15 is 0 Å². The molecule has 1 aliphatic heterocycles. The van der Waals surface area contributed by atoms with Gasteiger partial charge in [0.1, 0.15) is 11.4 Å². The Hall–Kier alpha value is -1.31. The predicted octanol–water partition coefficient (Wildman–Crippen LogP) is 2.83. The van der Waals surface area contributed by atoms with E-state index in [1.54, 1.807) is 0 Å². The van der Waals surface area contributed by atoms with Crippen molar-refractivity contribution >= 4 is 6.29 Å². The number of benzene rings is 1. The Morgan fingerprint density at radius 3 is 2.67 bits per heavy atom. The van der Waals surface area contributed by atoms with E-state index in [-0.39, 0.29) is 5.60 Å². The molecule has 2 rings (SSSR count). The lowest BCUT2D eigenvalue weighted by Crippen LogP contribution is -2.24. The van der Waals surface area contributed by atoms with Gasteiger partial charge in [0, 0.05) is 6.42 Å². The summed E-state index contributed by atoms with van der Waals surface area (Å²) in [5.74, 6) is 0.790. The maximum atomic E-state index is 11.1. The Morgan fingerprint density at radius 1 is 1.40 bits per heavy atom. The third-order valence-corrected chi connectivity index (χ3v) is 3.03. The molecule has 15 heavy (non-hydrogen) atoms. The van der Waals surface area contributed by atoms with Crippen LogP contribution in [-0.2, 0) is 6.42 Å². The zero-order chi connectivity index (χ0) is 11.2. The number of aldehydes is 1. The van der Waals surface area contributed by atoms with Gasteiger partial charge < -0.3 is 4.74 Å². The van der Waals surface area contributed by atoms with Crippen LogP contribution in [0.3, 0.4) is 0 Å². The van der Waals surface area contributed by atoms with Crippen molar-refractivity contribution in [2.24, 2.45) is 0 Å². The topological polar surface area (TPSA) is 26.3 Å². The van der Waals surface area contributed by atoms with Gasteiger partial charge in [-0.2, -0.15) is 0 Å². The van der Waals surface area contributed by atoms with Crippen molar-refractivity contribution in [3.05, 3.63) is 28.3 Å². The Bertz CT molecular complexity index is 431.